The standard InChI is InChI=1S/C21H30N4O2/c26-20-6-3-11-25(20)19-8-13-24(14-9-19)21(27)22-10-15-23-12-7-17-4-1-2-5-18(17)16-23/h1-2,4-5,19H,3,6-16H2,(H,22,27). The number of urea groups is 1. The number of nitrogens with zero attached hydrogens (tertiary/aromatic N) is 3. The molecule has 6 nitrogen and oxygen atoms in total. The minimum absolute atomic E-state index is 0.0404. The van der Waals surface area contributed by atoms with Crippen LogP contribution in [-0.2, 0) is 17.8 Å². The van der Waals surface area contributed by atoms with E-state index in [1.165, 1.54) is 11.1 Å². The number of amides is 3. The summed E-state index contributed by atoms with van der Waals surface area (Å²) < 4.78 is 0. The van der Waals surface area contributed by atoms with Gasteiger partial charge in [0.25, 0.3) is 0 Å². The van der Waals surface area contributed by atoms with Crippen molar-refractivity contribution in [3.05, 3.63) is 35.4 Å². The van der Waals surface area contributed by atoms with Gasteiger partial charge in [0, 0.05) is 58.3 Å². The van der Waals surface area contributed by atoms with E-state index in [4.69, 9.17) is 0 Å². The quantitative estimate of drug-likeness (QED) is 0.880. The van der Waals surface area contributed by atoms with E-state index in [0.29, 0.717) is 24.9 Å². The molecule has 0 bridgehead atoms. The third-order valence-corrected chi connectivity index (χ3v) is 6.22. The van der Waals surface area contributed by atoms with Crippen molar-refractivity contribution in [1.29, 1.82) is 0 Å². The summed E-state index contributed by atoms with van der Waals surface area (Å²) in [6.45, 7) is 6.00. The van der Waals surface area contributed by atoms with Gasteiger partial charge in [-0.15, -0.1) is 0 Å². The predicted octanol–water partition coefficient (Wildman–Crippen LogP) is 1.84. The molecule has 27 heavy (non-hydrogen) atoms. The number of piperidine rings is 1. The summed E-state index contributed by atoms with van der Waals surface area (Å²) in [4.78, 5) is 30.7. The Hall–Kier alpha value is -2.08. The van der Waals surface area contributed by atoms with E-state index < -0.39 is 0 Å². The first-order valence-corrected chi connectivity index (χ1v) is 10.3. The fraction of sp³-hybridized carbons (Fsp3) is 0.619. The van der Waals surface area contributed by atoms with Gasteiger partial charge in [-0.05, 0) is 36.8 Å². The number of fused-ring (bicyclic) bond motifs is 1. The predicted molar refractivity (Wildman–Crippen MR) is 104 cm³/mol. The normalized spacial score (nSPS) is 21.4. The van der Waals surface area contributed by atoms with Crippen LogP contribution in [-0.4, -0.2) is 71.9 Å². The van der Waals surface area contributed by atoms with Crippen LogP contribution in [0.5, 0.6) is 0 Å². The first-order chi connectivity index (χ1) is 13.2. The van der Waals surface area contributed by atoms with E-state index in [1.54, 1.807) is 0 Å². The van der Waals surface area contributed by atoms with Crippen LogP contribution in [0.4, 0.5) is 4.79 Å². The highest BCUT2D eigenvalue weighted by molar-refractivity contribution is 5.78. The van der Waals surface area contributed by atoms with Crippen LogP contribution in [0.25, 0.3) is 0 Å². The van der Waals surface area contributed by atoms with Gasteiger partial charge in [0.1, 0.15) is 0 Å². The zero-order valence-electron chi connectivity index (χ0n) is 16.0. The molecule has 3 amide bonds. The van der Waals surface area contributed by atoms with Crippen molar-refractivity contribution < 1.29 is 9.59 Å². The van der Waals surface area contributed by atoms with Crippen LogP contribution < -0.4 is 5.32 Å². The number of nitrogens with one attached hydrogen (secondary N) is 1. The molecule has 0 unspecified atom stereocenters. The molecule has 1 aromatic carbocycles. The Morgan fingerprint density at radius 3 is 2.56 bits per heavy atom. The lowest BCUT2D eigenvalue weighted by atomic mass is 10.00. The molecular weight excluding hydrogens is 340 g/mol. The van der Waals surface area contributed by atoms with Crippen LogP contribution in [0.15, 0.2) is 24.3 Å². The fourth-order valence-corrected chi connectivity index (χ4v) is 4.61. The molecule has 4 rings (SSSR count). The van der Waals surface area contributed by atoms with E-state index in [2.05, 4.69) is 34.5 Å². The molecule has 3 heterocycles. The number of rotatable bonds is 4. The molecule has 0 aliphatic carbocycles. The van der Waals surface area contributed by atoms with Crippen LogP contribution in [0.3, 0.4) is 0 Å². The smallest absolute Gasteiger partial charge is 0.317 e. The molecule has 3 aliphatic rings. The van der Waals surface area contributed by atoms with Crippen molar-refractivity contribution >= 4 is 11.9 Å². The average molecular weight is 370 g/mol. The second kappa shape index (κ2) is 8.30. The monoisotopic (exact) mass is 370 g/mol. The van der Waals surface area contributed by atoms with E-state index in [-0.39, 0.29) is 6.03 Å². The third-order valence-electron chi connectivity index (χ3n) is 6.22. The molecule has 146 valence electrons. The summed E-state index contributed by atoms with van der Waals surface area (Å²) >= 11 is 0. The minimum Gasteiger partial charge on any atom is -0.340 e. The molecule has 0 radical (unpaired) electrons. The van der Waals surface area contributed by atoms with Crippen molar-refractivity contribution in [3.8, 4) is 0 Å². The van der Waals surface area contributed by atoms with Gasteiger partial charge in [-0.2, -0.15) is 0 Å². The van der Waals surface area contributed by atoms with Gasteiger partial charge in [-0.25, -0.2) is 4.79 Å². The van der Waals surface area contributed by atoms with Crippen molar-refractivity contribution in [3.63, 3.8) is 0 Å². The Morgan fingerprint density at radius 2 is 1.81 bits per heavy atom. The molecular formula is C21H30N4O2. The number of hydrogen-bond acceptors (Lipinski definition) is 3. The van der Waals surface area contributed by atoms with Crippen molar-refractivity contribution in [1.82, 2.24) is 20.0 Å². The zero-order valence-corrected chi connectivity index (χ0v) is 16.0. The number of carbonyl (C=O) groups excluding carboxylic acids is 2. The molecule has 0 saturated carbocycles. The first kappa shape index (κ1) is 18.3. The van der Waals surface area contributed by atoms with Crippen molar-refractivity contribution in [2.24, 2.45) is 0 Å². The second-order valence-corrected chi connectivity index (χ2v) is 7.94. The van der Waals surface area contributed by atoms with Gasteiger partial charge >= 0.3 is 6.03 Å². The van der Waals surface area contributed by atoms with Crippen LogP contribution in [0.1, 0.15) is 36.8 Å². The highest BCUT2D eigenvalue weighted by Crippen LogP contribution is 2.22. The Labute approximate surface area is 161 Å². The van der Waals surface area contributed by atoms with Crippen molar-refractivity contribution in [2.45, 2.75) is 44.7 Å². The Morgan fingerprint density at radius 1 is 1.04 bits per heavy atom. The van der Waals surface area contributed by atoms with E-state index in [1.807, 2.05) is 9.80 Å². The van der Waals surface area contributed by atoms with E-state index in [0.717, 1.165) is 65.0 Å². The fourth-order valence-electron chi connectivity index (χ4n) is 4.61. The number of benzene rings is 1. The maximum atomic E-state index is 12.4. The summed E-state index contributed by atoms with van der Waals surface area (Å²) in [5.41, 5.74) is 2.87. The molecule has 3 aliphatic heterocycles. The summed E-state index contributed by atoms with van der Waals surface area (Å²) in [6, 6.07) is 9.00. The average Bonchev–Trinajstić information content (AvgIpc) is 3.14. The molecule has 1 N–H and O–H groups in total. The second-order valence-electron chi connectivity index (χ2n) is 7.94. The van der Waals surface area contributed by atoms with Gasteiger partial charge in [0.15, 0.2) is 0 Å². The molecule has 0 atom stereocenters. The number of likely N-dealkylation sites (tertiary alicyclic amines) is 2. The maximum Gasteiger partial charge on any atom is 0.317 e. The number of hydrogen-bond donors (Lipinski definition) is 1. The Kier molecular flexibility index (Phi) is 5.62. The van der Waals surface area contributed by atoms with E-state index >= 15 is 0 Å². The zero-order chi connectivity index (χ0) is 18.6. The first-order valence-electron chi connectivity index (χ1n) is 10.3. The Balaban J connectivity index is 1.17. The van der Waals surface area contributed by atoms with Gasteiger partial charge in [-0.1, -0.05) is 24.3 Å². The lowest BCUT2D eigenvalue weighted by molar-refractivity contribution is -0.130. The maximum absolute atomic E-state index is 12.4. The van der Waals surface area contributed by atoms with E-state index in [9.17, 15) is 9.59 Å². The topological polar surface area (TPSA) is 55.9 Å². The SMILES string of the molecule is O=C(NCCN1CCc2ccccc2C1)N1CCC(N2CCCC2=O)CC1. The third kappa shape index (κ3) is 4.26. The largest absolute Gasteiger partial charge is 0.340 e. The molecule has 6 heteroatoms. The summed E-state index contributed by atoms with van der Waals surface area (Å²) in [5, 5.41) is 3.08. The molecule has 2 saturated heterocycles. The Bertz CT molecular complexity index is 685. The van der Waals surface area contributed by atoms with Crippen LogP contribution in [0, 0.1) is 0 Å². The van der Waals surface area contributed by atoms with Gasteiger partial charge < -0.3 is 15.1 Å². The number of carbonyl (C=O) groups is 2. The molecule has 2 fully saturated rings. The highest BCUT2D eigenvalue weighted by Gasteiger charge is 2.31. The van der Waals surface area contributed by atoms with Crippen molar-refractivity contribution in [2.75, 3.05) is 39.3 Å². The highest BCUT2D eigenvalue weighted by atomic mass is 16.2. The van der Waals surface area contributed by atoms with Gasteiger partial charge in [0.2, 0.25) is 5.91 Å². The summed E-state index contributed by atoms with van der Waals surface area (Å²) in [7, 11) is 0. The summed E-state index contributed by atoms with van der Waals surface area (Å²) in [5.74, 6) is 0.293. The lowest BCUT2D eigenvalue weighted by Crippen LogP contribution is -2.50. The van der Waals surface area contributed by atoms with Crippen LogP contribution >= 0.6 is 0 Å². The van der Waals surface area contributed by atoms with Crippen LogP contribution in [0.2, 0.25) is 0 Å². The molecule has 1 aromatic rings. The minimum atomic E-state index is 0.0404. The summed E-state index contributed by atoms with van der Waals surface area (Å²) in [6.07, 6.45) is 4.58. The lowest BCUT2D eigenvalue weighted by Gasteiger charge is -2.36. The van der Waals surface area contributed by atoms with Gasteiger partial charge in [-0.3, -0.25) is 9.69 Å². The molecule has 0 spiro atoms. The molecule has 0 aromatic heterocycles. The van der Waals surface area contributed by atoms with Gasteiger partial charge in [0.05, 0.1) is 0 Å².